The normalized spacial score (nSPS) is 24.5. The molecule has 2 nitrogen and oxygen atoms in total. The van der Waals surface area contributed by atoms with Crippen molar-refractivity contribution in [3.63, 3.8) is 0 Å². The van der Waals surface area contributed by atoms with E-state index >= 15 is 0 Å². The molecule has 1 heterocycles. The Bertz CT molecular complexity index is 150. The van der Waals surface area contributed by atoms with Crippen molar-refractivity contribution < 1.29 is 9.47 Å². The van der Waals surface area contributed by atoms with Gasteiger partial charge in [-0.3, -0.25) is 0 Å². The third kappa shape index (κ3) is 4.10. The summed E-state index contributed by atoms with van der Waals surface area (Å²) in [5.41, 5.74) is 0.0458. The van der Waals surface area contributed by atoms with E-state index < -0.39 is 0 Å². The van der Waals surface area contributed by atoms with Gasteiger partial charge >= 0.3 is 0 Å². The highest BCUT2D eigenvalue weighted by Crippen LogP contribution is 2.26. The summed E-state index contributed by atoms with van der Waals surface area (Å²) in [6.07, 6.45) is 4.20. The quantitative estimate of drug-likeness (QED) is 0.595. The summed E-state index contributed by atoms with van der Waals surface area (Å²) < 4.78 is 10.6. The van der Waals surface area contributed by atoms with E-state index in [9.17, 15) is 0 Å². The molecule has 0 N–H and O–H groups in total. The fraction of sp³-hybridized carbons (Fsp3) is 1.00. The average Bonchev–Trinajstić information content (AvgIpc) is 2.86. The van der Waals surface area contributed by atoms with Crippen molar-refractivity contribution in [2.45, 2.75) is 51.7 Å². The monoisotopic (exact) mass is 186 g/mol. The van der Waals surface area contributed by atoms with Gasteiger partial charge in [0, 0.05) is 7.11 Å². The molecule has 1 rings (SSSR count). The third-order valence-electron chi connectivity index (χ3n) is 2.98. The first kappa shape index (κ1) is 11.0. The van der Waals surface area contributed by atoms with E-state index in [0.717, 1.165) is 18.9 Å². The number of rotatable bonds is 6. The first-order valence-corrected chi connectivity index (χ1v) is 5.22. The number of hydrogen-bond donors (Lipinski definition) is 0. The Morgan fingerprint density at radius 2 is 2.15 bits per heavy atom. The number of hydrogen-bond acceptors (Lipinski definition) is 2. The predicted octanol–water partition coefficient (Wildman–Crippen LogP) is 2.62. The molecule has 0 aromatic rings. The van der Waals surface area contributed by atoms with Crippen LogP contribution in [0.5, 0.6) is 0 Å². The molecule has 0 aliphatic carbocycles. The fourth-order valence-corrected chi connectivity index (χ4v) is 1.52. The summed E-state index contributed by atoms with van der Waals surface area (Å²) >= 11 is 0. The van der Waals surface area contributed by atoms with Crippen molar-refractivity contribution in [3.05, 3.63) is 0 Å². The van der Waals surface area contributed by atoms with Crippen molar-refractivity contribution >= 4 is 0 Å². The van der Waals surface area contributed by atoms with Gasteiger partial charge in [-0.25, -0.2) is 0 Å². The van der Waals surface area contributed by atoms with Gasteiger partial charge in [-0.15, -0.1) is 0 Å². The molecule has 2 atom stereocenters. The van der Waals surface area contributed by atoms with Crippen molar-refractivity contribution in [3.8, 4) is 0 Å². The molecule has 1 aliphatic heterocycles. The zero-order valence-electron chi connectivity index (χ0n) is 9.30. The Balaban J connectivity index is 2.05. The minimum Gasteiger partial charge on any atom is -0.379 e. The molecule has 1 fully saturated rings. The molecular formula is C11H22O2. The minimum atomic E-state index is 0.0458. The van der Waals surface area contributed by atoms with E-state index in [1.807, 2.05) is 0 Å². The molecule has 0 radical (unpaired) electrons. The lowest BCUT2D eigenvalue weighted by Crippen LogP contribution is -2.22. The van der Waals surface area contributed by atoms with Crippen LogP contribution in [0.4, 0.5) is 0 Å². The maximum atomic E-state index is 5.36. The Morgan fingerprint density at radius 3 is 2.62 bits per heavy atom. The average molecular weight is 186 g/mol. The summed E-state index contributed by atoms with van der Waals surface area (Å²) in [5.74, 6) is 0.729. The van der Waals surface area contributed by atoms with Gasteiger partial charge in [-0.1, -0.05) is 13.3 Å². The van der Waals surface area contributed by atoms with Crippen molar-refractivity contribution in [2.75, 3.05) is 13.7 Å². The summed E-state index contributed by atoms with van der Waals surface area (Å²) in [6, 6.07) is 0. The topological polar surface area (TPSA) is 21.8 Å². The van der Waals surface area contributed by atoms with Crippen LogP contribution in [0.3, 0.4) is 0 Å². The highest BCUT2D eigenvalue weighted by atomic mass is 16.6. The number of ether oxygens (including phenoxy) is 2. The van der Waals surface area contributed by atoms with Gasteiger partial charge in [0.1, 0.15) is 0 Å². The lowest BCUT2D eigenvalue weighted by atomic mass is 9.95. The van der Waals surface area contributed by atoms with E-state index in [4.69, 9.17) is 9.47 Å². The van der Waals surface area contributed by atoms with Crippen LogP contribution in [0, 0.1) is 5.92 Å². The molecule has 2 heteroatoms. The van der Waals surface area contributed by atoms with Crippen LogP contribution in [0.1, 0.15) is 40.0 Å². The first-order chi connectivity index (χ1) is 6.05. The summed E-state index contributed by atoms with van der Waals surface area (Å²) in [7, 11) is 1.79. The van der Waals surface area contributed by atoms with E-state index in [2.05, 4.69) is 20.8 Å². The molecule has 0 amide bonds. The van der Waals surface area contributed by atoms with E-state index in [1.54, 1.807) is 7.11 Å². The zero-order chi connectivity index (χ0) is 9.90. The van der Waals surface area contributed by atoms with Gasteiger partial charge in [0.05, 0.1) is 18.3 Å². The van der Waals surface area contributed by atoms with Crippen LogP contribution >= 0.6 is 0 Å². The SMILES string of the molecule is COC(C)(C)CCC[C@H](C)[C@H]1CO1. The highest BCUT2D eigenvalue weighted by molar-refractivity contribution is 4.77. The standard InChI is InChI=1S/C11H22O2/c1-9(10-8-13-10)6-5-7-11(2,3)12-4/h9-10H,5-8H2,1-4H3/t9-,10+/m0/s1. The molecule has 0 bridgehead atoms. The van der Waals surface area contributed by atoms with Crippen LogP contribution in [0.15, 0.2) is 0 Å². The fourth-order valence-electron chi connectivity index (χ4n) is 1.52. The van der Waals surface area contributed by atoms with Crippen molar-refractivity contribution in [2.24, 2.45) is 5.92 Å². The van der Waals surface area contributed by atoms with Crippen LogP contribution in [0.25, 0.3) is 0 Å². The van der Waals surface area contributed by atoms with Crippen LogP contribution < -0.4 is 0 Å². The molecule has 0 unspecified atom stereocenters. The van der Waals surface area contributed by atoms with Crippen LogP contribution in [0.2, 0.25) is 0 Å². The summed E-state index contributed by atoms with van der Waals surface area (Å²) in [4.78, 5) is 0. The minimum absolute atomic E-state index is 0.0458. The van der Waals surface area contributed by atoms with E-state index in [0.29, 0.717) is 6.10 Å². The van der Waals surface area contributed by atoms with Crippen LogP contribution in [-0.4, -0.2) is 25.4 Å². The smallest absolute Gasteiger partial charge is 0.0835 e. The zero-order valence-corrected chi connectivity index (χ0v) is 9.30. The Kier molecular flexibility index (Phi) is 3.74. The molecule has 0 aromatic heterocycles. The predicted molar refractivity (Wildman–Crippen MR) is 53.8 cm³/mol. The number of methoxy groups -OCH3 is 1. The summed E-state index contributed by atoms with van der Waals surface area (Å²) in [6.45, 7) is 7.54. The molecule has 0 spiro atoms. The molecule has 0 aromatic carbocycles. The van der Waals surface area contributed by atoms with Crippen LogP contribution in [-0.2, 0) is 9.47 Å². The van der Waals surface area contributed by atoms with Gasteiger partial charge in [-0.2, -0.15) is 0 Å². The molecule has 1 aliphatic rings. The first-order valence-electron chi connectivity index (χ1n) is 5.22. The van der Waals surface area contributed by atoms with Crippen molar-refractivity contribution in [1.82, 2.24) is 0 Å². The largest absolute Gasteiger partial charge is 0.379 e. The van der Waals surface area contributed by atoms with Gasteiger partial charge in [-0.05, 0) is 32.6 Å². The molecule has 1 saturated heterocycles. The van der Waals surface area contributed by atoms with Gasteiger partial charge in [0.15, 0.2) is 0 Å². The second-order valence-corrected chi connectivity index (χ2v) is 4.71. The Morgan fingerprint density at radius 1 is 1.54 bits per heavy atom. The summed E-state index contributed by atoms with van der Waals surface area (Å²) in [5, 5.41) is 0. The molecule has 13 heavy (non-hydrogen) atoms. The molecule has 78 valence electrons. The molecular weight excluding hydrogens is 164 g/mol. The van der Waals surface area contributed by atoms with E-state index in [1.165, 1.54) is 12.8 Å². The third-order valence-corrected chi connectivity index (χ3v) is 2.98. The second kappa shape index (κ2) is 4.43. The maximum absolute atomic E-state index is 5.36. The van der Waals surface area contributed by atoms with Gasteiger partial charge < -0.3 is 9.47 Å². The lowest BCUT2D eigenvalue weighted by molar-refractivity contribution is 0.0125. The molecule has 0 saturated carbocycles. The number of epoxide rings is 1. The van der Waals surface area contributed by atoms with Crippen molar-refractivity contribution in [1.29, 1.82) is 0 Å². The Hall–Kier alpha value is -0.0800. The maximum Gasteiger partial charge on any atom is 0.0835 e. The van der Waals surface area contributed by atoms with E-state index in [-0.39, 0.29) is 5.60 Å². The van der Waals surface area contributed by atoms with Gasteiger partial charge in [0.2, 0.25) is 0 Å². The second-order valence-electron chi connectivity index (χ2n) is 4.71. The lowest BCUT2D eigenvalue weighted by Gasteiger charge is -2.23. The van der Waals surface area contributed by atoms with Gasteiger partial charge in [0.25, 0.3) is 0 Å². The Labute approximate surface area is 81.6 Å². The highest BCUT2D eigenvalue weighted by Gasteiger charge is 2.29.